The van der Waals surface area contributed by atoms with Gasteiger partial charge in [-0.3, -0.25) is 20.0 Å². The predicted octanol–water partition coefficient (Wildman–Crippen LogP) is 5.11. The second-order valence-electron chi connectivity index (χ2n) is 9.37. The van der Waals surface area contributed by atoms with Gasteiger partial charge in [0.2, 0.25) is 0 Å². The number of likely N-dealkylation sites (tertiary alicyclic amines) is 1. The number of piperidine rings is 1. The standard InChI is InChI=1S/C27H34N4O2/c1-19-14-24(15-20(2)21(19)3)26-16-22(8-11-28-26)18-30-12-9-25(10-13-30)29-17-23-6-4-5-7-27(23)31(32)33/h6-8,11,14-16,25,29H,4-5,9-10,12-13,17-18H2,1-3H3. The molecule has 0 spiro atoms. The second kappa shape index (κ2) is 10.4. The lowest BCUT2D eigenvalue weighted by molar-refractivity contribution is -0.421. The van der Waals surface area contributed by atoms with Gasteiger partial charge >= 0.3 is 0 Å². The number of hydrogen-bond acceptors (Lipinski definition) is 5. The van der Waals surface area contributed by atoms with Gasteiger partial charge in [0.05, 0.1) is 10.6 Å². The van der Waals surface area contributed by atoms with E-state index in [0.29, 0.717) is 12.6 Å². The summed E-state index contributed by atoms with van der Waals surface area (Å²) < 4.78 is 0. The van der Waals surface area contributed by atoms with Crippen LogP contribution >= 0.6 is 0 Å². The molecule has 6 nitrogen and oxygen atoms in total. The van der Waals surface area contributed by atoms with Gasteiger partial charge in [0.15, 0.2) is 0 Å². The number of allylic oxidation sites excluding steroid dienone is 2. The summed E-state index contributed by atoms with van der Waals surface area (Å²) in [6.07, 6.45) is 9.45. The minimum Gasteiger partial charge on any atom is -0.310 e. The zero-order valence-electron chi connectivity index (χ0n) is 19.9. The molecular weight excluding hydrogens is 412 g/mol. The predicted molar refractivity (Wildman–Crippen MR) is 133 cm³/mol. The Hall–Kier alpha value is -2.83. The molecule has 1 fully saturated rings. The van der Waals surface area contributed by atoms with Crippen molar-refractivity contribution in [3.63, 3.8) is 0 Å². The molecule has 0 unspecified atom stereocenters. The fourth-order valence-electron chi connectivity index (χ4n) is 4.79. The molecule has 2 aliphatic rings. The van der Waals surface area contributed by atoms with Gasteiger partial charge in [-0.2, -0.15) is 0 Å². The first kappa shape index (κ1) is 23.3. The molecule has 6 heteroatoms. The fraction of sp³-hybridized carbons (Fsp3) is 0.444. The Labute approximate surface area is 196 Å². The summed E-state index contributed by atoms with van der Waals surface area (Å²) in [5.41, 5.74) is 8.56. The van der Waals surface area contributed by atoms with Gasteiger partial charge in [-0.25, -0.2) is 0 Å². The lowest BCUT2D eigenvalue weighted by Gasteiger charge is -2.32. The van der Waals surface area contributed by atoms with Gasteiger partial charge in [0.1, 0.15) is 0 Å². The molecule has 0 atom stereocenters. The van der Waals surface area contributed by atoms with Crippen LogP contribution in [0.3, 0.4) is 0 Å². The van der Waals surface area contributed by atoms with Crippen molar-refractivity contribution >= 4 is 0 Å². The van der Waals surface area contributed by atoms with E-state index in [1.54, 1.807) is 6.08 Å². The van der Waals surface area contributed by atoms with Gasteiger partial charge < -0.3 is 5.32 Å². The van der Waals surface area contributed by atoms with Gasteiger partial charge in [0.25, 0.3) is 5.70 Å². The first-order valence-electron chi connectivity index (χ1n) is 11.9. The van der Waals surface area contributed by atoms with Crippen LogP contribution in [-0.4, -0.2) is 40.5 Å². The summed E-state index contributed by atoms with van der Waals surface area (Å²) in [7, 11) is 0. The van der Waals surface area contributed by atoms with Crippen molar-refractivity contribution in [1.82, 2.24) is 15.2 Å². The molecule has 2 heterocycles. The van der Waals surface area contributed by atoms with Crippen molar-refractivity contribution < 1.29 is 4.92 Å². The molecule has 1 aromatic carbocycles. The van der Waals surface area contributed by atoms with Crippen LogP contribution in [0.5, 0.6) is 0 Å². The van der Waals surface area contributed by atoms with Crippen LogP contribution in [0, 0.1) is 30.9 Å². The molecule has 1 saturated heterocycles. The molecule has 2 aromatic rings. The molecular formula is C27H34N4O2. The van der Waals surface area contributed by atoms with E-state index in [2.05, 4.69) is 60.2 Å². The zero-order valence-corrected chi connectivity index (χ0v) is 19.9. The van der Waals surface area contributed by atoms with Crippen LogP contribution in [0.2, 0.25) is 0 Å². The number of pyridine rings is 1. The maximum atomic E-state index is 11.3. The van der Waals surface area contributed by atoms with Crippen molar-refractivity contribution in [3.05, 3.63) is 86.3 Å². The Balaban J connectivity index is 1.31. The first-order chi connectivity index (χ1) is 15.9. The summed E-state index contributed by atoms with van der Waals surface area (Å²) in [6.45, 7) is 10.0. The molecule has 4 rings (SSSR count). The maximum Gasteiger partial charge on any atom is 0.269 e. The highest BCUT2D eigenvalue weighted by molar-refractivity contribution is 5.63. The van der Waals surface area contributed by atoms with E-state index in [-0.39, 0.29) is 10.6 Å². The fourth-order valence-corrected chi connectivity index (χ4v) is 4.79. The van der Waals surface area contributed by atoms with Crippen molar-refractivity contribution in [1.29, 1.82) is 0 Å². The average Bonchev–Trinajstić information content (AvgIpc) is 2.82. The smallest absolute Gasteiger partial charge is 0.269 e. The SMILES string of the molecule is Cc1cc(-c2cc(CN3CCC(NCC4=CCCC=C4[N+](=O)[O-])CC3)ccn2)cc(C)c1C. The van der Waals surface area contributed by atoms with Crippen LogP contribution in [0.1, 0.15) is 47.9 Å². The van der Waals surface area contributed by atoms with E-state index in [4.69, 9.17) is 0 Å². The van der Waals surface area contributed by atoms with Gasteiger partial charge in [0, 0.05) is 36.5 Å². The lowest BCUT2D eigenvalue weighted by Crippen LogP contribution is -2.43. The number of aromatic nitrogens is 1. The average molecular weight is 447 g/mol. The van der Waals surface area contributed by atoms with Crippen LogP contribution in [-0.2, 0) is 6.54 Å². The van der Waals surface area contributed by atoms with Crippen LogP contribution < -0.4 is 5.32 Å². The summed E-state index contributed by atoms with van der Waals surface area (Å²) >= 11 is 0. The Morgan fingerprint density at radius 3 is 2.48 bits per heavy atom. The number of benzene rings is 1. The number of rotatable bonds is 7. The topological polar surface area (TPSA) is 71.3 Å². The third-order valence-corrected chi connectivity index (χ3v) is 7.04. The second-order valence-corrected chi connectivity index (χ2v) is 9.37. The monoisotopic (exact) mass is 446 g/mol. The van der Waals surface area contributed by atoms with Crippen LogP contribution in [0.4, 0.5) is 0 Å². The number of nitrogens with one attached hydrogen (secondary N) is 1. The Morgan fingerprint density at radius 2 is 1.79 bits per heavy atom. The van der Waals surface area contributed by atoms with Gasteiger partial charge in [-0.05, 0) is 112 Å². The summed E-state index contributed by atoms with van der Waals surface area (Å²) in [5.74, 6) is 0. The quantitative estimate of drug-likeness (QED) is 0.473. The molecule has 0 radical (unpaired) electrons. The van der Waals surface area contributed by atoms with Gasteiger partial charge in [-0.15, -0.1) is 0 Å². The molecule has 1 N–H and O–H groups in total. The van der Waals surface area contributed by atoms with Crippen molar-refractivity contribution in [3.8, 4) is 11.3 Å². The largest absolute Gasteiger partial charge is 0.310 e. The summed E-state index contributed by atoms with van der Waals surface area (Å²) in [6, 6.07) is 9.20. The molecule has 0 amide bonds. The minimum absolute atomic E-state index is 0.252. The van der Waals surface area contributed by atoms with Crippen molar-refractivity contribution in [2.45, 2.75) is 59.0 Å². The molecule has 174 valence electrons. The van der Waals surface area contributed by atoms with E-state index in [1.165, 1.54) is 27.8 Å². The van der Waals surface area contributed by atoms with E-state index in [9.17, 15) is 10.1 Å². The molecule has 1 aliphatic heterocycles. The third-order valence-electron chi connectivity index (χ3n) is 7.04. The lowest BCUT2D eigenvalue weighted by atomic mass is 9.98. The van der Waals surface area contributed by atoms with E-state index < -0.39 is 0 Å². The van der Waals surface area contributed by atoms with Crippen LogP contribution in [0.25, 0.3) is 11.3 Å². The summed E-state index contributed by atoms with van der Waals surface area (Å²) in [5, 5.41) is 14.8. The minimum atomic E-state index is -0.252. The molecule has 33 heavy (non-hydrogen) atoms. The molecule has 1 aliphatic carbocycles. The van der Waals surface area contributed by atoms with Crippen molar-refractivity contribution in [2.24, 2.45) is 0 Å². The number of nitrogens with zero attached hydrogens (tertiary/aromatic N) is 3. The zero-order chi connectivity index (χ0) is 23.4. The van der Waals surface area contributed by atoms with Gasteiger partial charge in [-0.1, -0.05) is 6.08 Å². The van der Waals surface area contributed by atoms with E-state index in [0.717, 1.165) is 56.6 Å². The normalized spacial score (nSPS) is 17.5. The molecule has 1 aromatic heterocycles. The highest BCUT2D eigenvalue weighted by Crippen LogP contribution is 2.25. The highest BCUT2D eigenvalue weighted by Gasteiger charge is 2.23. The Kier molecular flexibility index (Phi) is 7.36. The molecule has 0 saturated carbocycles. The maximum absolute atomic E-state index is 11.3. The Morgan fingerprint density at radius 1 is 1.09 bits per heavy atom. The molecule has 0 bridgehead atoms. The first-order valence-corrected chi connectivity index (χ1v) is 11.9. The third kappa shape index (κ3) is 5.75. The highest BCUT2D eigenvalue weighted by atomic mass is 16.6. The Bertz CT molecular complexity index is 1060. The number of aryl methyl sites for hydroxylation is 2. The van der Waals surface area contributed by atoms with Crippen LogP contribution in [0.15, 0.2) is 53.9 Å². The van der Waals surface area contributed by atoms with Crippen molar-refractivity contribution in [2.75, 3.05) is 19.6 Å². The number of hydrogen-bond donors (Lipinski definition) is 1. The van der Waals surface area contributed by atoms with E-state index >= 15 is 0 Å². The number of nitro groups is 1. The summed E-state index contributed by atoms with van der Waals surface area (Å²) in [4.78, 5) is 18.1. The van der Waals surface area contributed by atoms with E-state index in [1.807, 2.05) is 12.3 Å².